The summed E-state index contributed by atoms with van der Waals surface area (Å²) in [5.41, 5.74) is 5.38. The van der Waals surface area contributed by atoms with E-state index in [0.29, 0.717) is 13.0 Å². The minimum Gasteiger partial charge on any atom is -0.326 e. The van der Waals surface area contributed by atoms with Gasteiger partial charge in [0.25, 0.3) is 0 Å². The molecule has 0 aliphatic heterocycles. The van der Waals surface area contributed by atoms with Crippen LogP contribution in [0.1, 0.15) is 9.75 Å². The van der Waals surface area contributed by atoms with Gasteiger partial charge >= 0.3 is 0 Å². The van der Waals surface area contributed by atoms with Crippen LogP contribution >= 0.6 is 11.3 Å². The first-order valence-electron chi connectivity index (χ1n) is 3.08. The lowest BCUT2D eigenvalue weighted by Crippen LogP contribution is -1.91. The third kappa shape index (κ3) is 1.65. The van der Waals surface area contributed by atoms with Gasteiger partial charge in [0.15, 0.2) is 0 Å². The Labute approximate surface area is 63.7 Å². The summed E-state index contributed by atoms with van der Waals surface area (Å²) < 4.78 is 0. The number of aldehydes is 1. The Bertz CT molecular complexity index is 219. The minimum atomic E-state index is 0.519. The molecule has 1 aromatic heterocycles. The third-order valence-corrected chi connectivity index (χ3v) is 2.33. The van der Waals surface area contributed by atoms with E-state index in [0.717, 1.165) is 16.0 Å². The highest BCUT2D eigenvalue weighted by Gasteiger charge is 1.95. The lowest BCUT2D eigenvalue weighted by Gasteiger charge is -1.84. The number of hydrogen-bond donors (Lipinski definition) is 1. The van der Waals surface area contributed by atoms with Gasteiger partial charge in [-0.05, 0) is 12.1 Å². The SMILES string of the molecule is NCc1ccc(CC=O)s1. The van der Waals surface area contributed by atoms with Crippen LogP contribution in [0.4, 0.5) is 0 Å². The Morgan fingerprint density at radius 1 is 1.50 bits per heavy atom. The van der Waals surface area contributed by atoms with Crippen molar-refractivity contribution < 1.29 is 4.79 Å². The van der Waals surface area contributed by atoms with E-state index >= 15 is 0 Å². The van der Waals surface area contributed by atoms with E-state index in [2.05, 4.69) is 0 Å². The zero-order valence-corrected chi connectivity index (χ0v) is 6.36. The number of carbonyl (C=O) groups excluding carboxylic acids is 1. The molecule has 3 heteroatoms. The third-order valence-electron chi connectivity index (χ3n) is 1.20. The van der Waals surface area contributed by atoms with Crippen molar-refractivity contribution in [2.75, 3.05) is 0 Å². The van der Waals surface area contributed by atoms with Gasteiger partial charge in [-0.1, -0.05) is 0 Å². The molecule has 0 aromatic carbocycles. The van der Waals surface area contributed by atoms with Crippen molar-refractivity contribution in [2.45, 2.75) is 13.0 Å². The molecule has 0 radical (unpaired) electrons. The molecule has 10 heavy (non-hydrogen) atoms. The Hall–Kier alpha value is -0.670. The number of thiophene rings is 1. The predicted molar refractivity (Wildman–Crippen MR) is 42.0 cm³/mol. The summed E-state index contributed by atoms with van der Waals surface area (Å²) >= 11 is 1.60. The summed E-state index contributed by atoms with van der Waals surface area (Å²) in [6, 6.07) is 3.91. The molecular formula is C7H9NOS. The van der Waals surface area contributed by atoms with Crippen LogP contribution in [0.3, 0.4) is 0 Å². The van der Waals surface area contributed by atoms with Gasteiger partial charge in [0.2, 0.25) is 0 Å². The summed E-state index contributed by atoms with van der Waals surface area (Å²) in [4.78, 5) is 12.3. The Morgan fingerprint density at radius 3 is 2.70 bits per heavy atom. The van der Waals surface area contributed by atoms with Crippen LogP contribution in [-0.4, -0.2) is 6.29 Å². The zero-order chi connectivity index (χ0) is 7.40. The summed E-state index contributed by atoms with van der Waals surface area (Å²) in [6.45, 7) is 0.573. The molecule has 1 aromatic rings. The van der Waals surface area contributed by atoms with E-state index in [4.69, 9.17) is 5.73 Å². The monoisotopic (exact) mass is 155 g/mol. The fourth-order valence-corrected chi connectivity index (χ4v) is 1.57. The van der Waals surface area contributed by atoms with Crippen molar-refractivity contribution in [3.63, 3.8) is 0 Å². The number of nitrogens with two attached hydrogens (primary N) is 1. The van der Waals surface area contributed by atoms with Crippen molar-refractivity contribution >= 4 is 17.6 Å². The van der Waals surface area contributed by atoms with Gasteiger partial charge in [-0.15, -0.1) is 11.3 Å². The lowest BCUT2D eigenvalue weighted by molar-refractivity contribution is -0.107. The number of hydrogen-bond acceptors (Lipinski definition) is 3. The largest absolute Gasteiger partial charge is 0.326 e. The molecule has 0 fully saturated rings. The Kier molecular flexibility index (Phi) is 2.59. The van der Waals surface area contributed by atoms with E-state index in [1.165, 1.54) is 0 Å². The van der Waals surface area contributed by atoms with E-state index in [9.17, 15) is 4.79 Å². The highest BCUT2D eigenvalue weighted by molar-refractivity contribution is 7.12. The normalized spacial score (nSPS) is 9.70. The van der Waals surface area contributed by atoms with Crippen molar-refractivity contribution in [2.24, 2.45) is 5.73 Å². The lowest BCUT2D eigenvalue weighted by atomic mass is 10.3. The van der Waals surface area contributed by atoms with Gasteiger partial charge in [0, 0.05) is 22.7 Å². The highest BCUT2D eigenvalue weighted by atomic mass is 32.1. The first-order chi connectivity index (χ1) is 4.86. The molecule has 2 nitrogen and oxygen atoms in total. The molecule has 1 rings (SSSR count). The quantitative estimate of drug-likeness (QED) is 0.660. The van der Waals surface area contributed by atoms with Crippen LogP contribution < -0.4 is 5.73 Å². The molecule has 1 heterocycles. The molecule has 0 amide bonds. The molecule has 0 aliphatic rings. The van der Waals surface area contributed by atoms with Gasteiger partial charge in [0.1, 0.15) is 6.29 Å². The van der Waals surface area contributed by atoms with Crippen LogP contribution in [0.15, 0.2) is 12.1 Å². The number of rotatable bonds is 3. The van der Waals surface area contributed by atoms with Crippen LogP contribution in [0.2, 0.25) is 0 Å². The van der Waals surface area contributed by atoms with Crippen LogP contribution in [0, 0.1) is 0 Å². The smallest absolute Gasteiger partial charge is 0.125 e. The average molecular weight is 155 g/mol. The van der Waals surface area contributed by atoms with E-state index in [-0.39, 0.29) is 0 Å². The van der Waals surface area contributed by atoms with E-state index in [1.54, 1.807) is 11.3 Å². The first-order valence-corrected chi connectivity index (χ1v) is 3.89. The van der Waals surface area contributed by atoms with Gasteiger partial charge in [-0.25, -0.2) is 0 Å². The second kappa shape index (κ2) is 3.49. The topological polar surface area (TPSA) is 43.1 Å². The number of carbonyl (C=O) groups is 1. The summed E-state index contributed by atoms with van der Waals surface area (Å²) in [5, 5.41) is 0. The maximum Gasteiger partial charge on any atom is 0.125 e. The van der Waals surface area contributed by atoms with Gasteiger partial charge < -0.3 is 10.5 Å². The van der Waals surface area contributed by atoms with Crippen molar-refractivity contribution in [1.82, 2.24) is 0 Å². The molecule has 0 saturated heterocycles. The predicted octanol–water partition coefficient (Wildman–Crippen LogP) is 0.948. The van der Waals surface area contributed by atoms with Crippen LogP contribution in [-0.2, 0) is 17.8 Å². The van der Waals surface area contributed by atoms with Crippen molar-refractivity contribution in [3.05, 3.63) is 21.9 Å². The second-order valence-electron chi connectivity index (χ2n) is 1.94. The Morgan fingerprint density at radius 2 is 2.20 bits per heavy atom. The highest BCUT2D eigenvalue weighted by Crippen LogP contribution is 2.15. The fraction of sp³-hybridized carbons (Fsp3) is 0.286. The molecule has 2 N–H and O–H groups in total. The summed E-state index contributed by atoms with van der Waals surface area (Å²) in [7, 11) is 0. The molecule has 0 spiro atoms. The van der Waals surface area contributed by atoms with Crippen LogP contribution in [0.25, 0.3) is 0 Å². The zero-order valence-electron chi connectivity index (χ0n) is 5.54. The molecule has 0 atom stereocenters. The van der Waals surface area contributed by atoms with Gasteiger partial charge in [0.05, 0.1) is 0 Å². The van der Waals surface area contributed by atoms with Crippen molar-refractivity contribution in [3.8, 4) is 0 Å². The maximum atomic E-state index is 10.0. The van der Waals surface area contributed by atoms with E-state index < -0.39 is 0 Å². The fourth-order valence-electron chi connectivity index (χ4n) is 0.724. The molecule has 0 saturated carbocycles. The summed E-state index contributed by atoms with van der Waals surface area (Å²) in [5.74, 6) is 0. The average Bonchev–Trinajstić information content (AvgIpc) is 2.37. The van der Waals surface area contributed by atoms with Crippen molar-refractivity contribution in [1.29, 1.82) is 0 Å². The second-order valence-corrected chi connectivity index (χ2v) is 3.20. The van der Waals surface area contributed by atoms with Crippen LogP contribution in [0.5, 0.6) is 0 Å². The summed E-state index contributed by atoms with van der Waals surface area (Å²) in [6.07, 6.45) is 1.43. The maximum absolute atomic E-state index is 10.0. The molecular weight excluding hydrogens is 146 g/mol. The minimum absolute atomic E-state index is 0.519. The first kappa shape index (κ1) is 7.44. The molecule has 0 bridgehead atoms. The molecule has 0 aliphatic carbocycles. The van der Waals surface area contributed by atoms with Gasteiger partial charge in [-0.3, -0.25) is 0 Å². The standard InChI is InChI=1S/C7H9NOS/c8-5-7-2-1-6(10-7)3-4-9/h1-2,4H,3,5,8H2. The van der Waals surface area contributed by atoms with E-state index in [1.807, 2.05) is 12.1 Å². The molecule has 54 valence electrons. The molecule has 0 unspecified atom stereocenters. The Balaban J connectivity index is 2.67. The van der Waals surface area contributed by atoms with Gasteiger partial charge in [-0.2, -0.15) is 0 Å².